The highest BCUT2D eigenvalue weighted by atomic mass is 32.1. The summed E-state index contributed by atoms with van der Waals surface area (Å²) in [5, 5.41) is 0. The Bertz CT molecular complexity index is 595. The molecule has 0 aliphatic heterocycles. The third-order valence-corrected chi connectivity index (χ3v) is 3.62. The number of aromatic nitrogens is 1. The van der Waals surface area contributed by atoms with Crippen LogP contribution in [0.2, 0.25) is 0 Å². The van der Waals surface area contributed by atoms with Crippen molar-refractivity contribution < 1.29 is 4.79 Å². The van der Waals surface area contributed by atoms with Gasteiger partial charge < -0.3 is 4.57 Å². The molecule has 0 N–H and O–H groups in total. The second-order valence-corrected chi connectivity index (χ2v) is 4.87. The summed E-state index contributed by atoms with van der Waals surface area (Å²) in [6.45, 7) is 4.87. The van der Waals surface area contributed by atoms with Crippen molar-refractivity contribution in [1.82, 2.24) is 4.57 Å². The minimum absolute atomic E-state index is 0.0543. The molecule has 0 aliphatic rings. The maximum absolute atomic E-state index is 11.4. The highest BCUT2D eigenvalue weighted by molar-refractivity contribution is 7.16. The van der Waals surface area contributed by atoms with Gasteiger partial charge in [-0.25, -0.2) is 0 Å². The number of rotatable bonds is 3. The molecule has 0 bridgehead atoms. The highest BCUT2D eigenvalue weighted by Gasteiger charge is 2.05. The summed E-state index contributed by atoms with van der Waals surface area (Å²) in [7, 11) is 0. The summed E-state index contributed by atoms with van der Waals surface area (Å²) in [6.07, 6.45) is 1.49. The molecule has 0 saturated carbocycles. The Kier molecular flexibility index (Phi) is 3.74. The number of thiazole rings is 1. The fraction of sp³-hybridized carbons (Fsp3) is 0.385. The van der Waals surface area contributed by atoms with Crippen LogP contribution in [0.15, 0.2) is 29.3 Å². The lowest BCUT2D eigenvalue weighted by atomic mass is 10.3. The van der Waals surface area contributed by atoms with Crippen molar-refractivity contribution in [2.24, 2.45) is 4.99 Å². The Hall–Kier alpha value is -1.42. The summed E-state index contributed by atoms with van der Waals surface area (Å²) in [5.41, 5.74) is 1.17. The number of benzene rings is 1. The maximum atomic E-state index is 11.4. The first-order valence-corrected chi connectivity index (χ1v) is 6.73. The smallest absolute Gasteiger partial charge is 0.248 e. The van der Waals surface area contributed by atoms with E-state index in [0.717, 1.165) is 17.8 Å². The van der Waals surface area contributed by atoms with E-state index in [1.54, 1.807) is 11.3 Å². The van der Waals surface area contributed by atoms with E-state index in [-0.39, 0.29) is 5.91 Å². The van der Waals surface area contributed by atoms with Gasteiger partial charge in [0, 0.05) is 13.0 Å². The molecule has 0 spiro atoms. The molecular formula is C13H16N2OS. The Balaban J connectivity index is 2.65. The third kappa shape index (κ3) is 2.47. The van der Waals surface area contributed by atoms with E-state index < -0.39 is 0 Å². The molecule has 1 aromatic heterocycles. The molecule has 17 heavy (non-hydrogen) atoms. The zero-order chi connectivity index (χ0) is 12.3. The minimum atomic E-state index is -0.0543. The van der Waals surface area contributed by atoms with E-state index in [1.807, 2.05) is 19.1 Å². The van der Waals surface area contributed by atoms with Crippen LogP contribution in [0, 0.1) is 0 Å². The van der Waals surface area contributed by atoms with Gasteiger partial charge in [0.25, 0.3) is 0 Å². The van der Waals surface area contributed by atoms with Gasteiger partial charge >= 0.3 is 0 Å². The van der Waals surface area contributed by atoms with E-state index in [0.29, 0.717) is 6.42 Å². The van der Waals surface area contributed by atoms with Crippen molar-refractivity contribution in [1.29, 1.82) is 0 Å². The van der Waals surface area contributed by atoms with Crippen molar-refractivity contribution in [3.63, 3.8) is 0 Å². The van der Waals surface area contributed by atoms with Gasteiger partial charge in [-0.05, 0) is 18.6 Å². The molecular weight excluding hydrogens is 232 g/mol. The van der Waals surface area contributed by atoms with Crippen LogP contribution < -0.4 is 4.80 Å². The maximum Gasteiger partial charge on any atom is 0.248 e. The van der Waals surface area contributed by atoms with Crippen molar-refractivity contribution in [3.05, 3.63) is 29.1 Å². The van der Waals surface area contributed by atoms with Crippen LogP contribution in [-0.2, 0) is 11.3 Å². The van der Waals surface area contributed by atoms with Gasteiger partial charge in [-0.3, -0.25) is 4.79 Å². The first kappa shape index (κ1) is 12.0. The van der Waals surface area contributed by atoms with E-state index in [4.69, 9.17) is 0 Å². The molecule has 0 fully saturated rings. The monoisotopic (exact) mass is 248 g/mol. The third-order valence-electron chi connectivity index (χ3n) is 2.56. The second-order valence-electron chi connectivity index (χ2n) is 3.86. The van der Waals surface area contributed by atoms with E-state index in [1.165, 1.54) is 10.2 Å². The van der Waals surface area contributed by atoms with Gasteiger partial charge in [0.1, 0.15) is 0 Å². The summed E-state index contributed by atoms with van der Waals surface area (Å²) in [4.78, 5) is 16.4. The minimum Gasteiger partial charge on any atom is -0.316 e. The molecule has 1 amide bonds. The van der Waals surface area contributed by atoms with E-state index in [2.05, 4.69) is 28.6 Å². The number of nitrogens with zero attached hydrogens (tertiary/aromatic N) is 2. The van der Waals surface area contributed by atoms with Crippen molar-refractivity contribution in [2.75, 3.05) is 0 Å². The van der Waals surface area contributed by atoms with E-state index in [9.17, 15) is 4.79 Å². The summed E-state index contributed by atoms with van der Waals surface area (Å²) >= 11 is 1.58. The number of hydrogen-bond acceptors (Lipinski definition) is 2. The summed E-state index contributed by atoms with van der Waals surface area (Å²) in [6, 6.07) is 8.19. The lowest BCUT2D eigenvalue weighted by Gasteiger charge is -2.01. The number of carbonyl (C=O) groups is 1. The topological polar surface area (TPSA) is 34.4 Å². The zero-order valence-electron chi connectivity index (χ0n) is 10.1. The quantitative estimate of drug-likeness (QED) is 0.822. The predicted octanol–water partition coefficient (Wildman–Crippen LogP) is 2.95. The Morgan fingerprint density at radius 2 is 2.12 bits per heavy atom. The average Bonchev–Trinajstić information content (AvgIpc) is 2.68. The van der Waals surface area contributed by atoms with Crippen molar-refractivity contribution >= 4 is 27.5 Å². The lowest BCUT2D eigenvalue weighted by Crippen LogP contribution is -2.16. The molecule has 2 aromatic rings. The molecule has 1 aromatic carbocycles. The van der Waals surface area contributed by atoms with Crippen molar-refractivity contribution in [2.45, 2.75) is 33.2 Å². The molecule has 0 saturated heterocycles. The van der Waals surface area contributed by atoms with Crippen LogP contribution in [0.5, 0.6) is 0 Å². The molecule has 3 nitrogen and oxygen atoms in total. The molecule has 2 rings (SSSR count). The average molecular weight is 248 g/mol. The molecule has 90 valence electrons. The number of carbonyl (C=O) groups excluding carboxylic acids is 1. The van der Waals surface area contributed by atoms with Crippen LogP contribution in [0.4, 0.5) is 0 Å². The van der Waals surface area contributed by atoms with Gasteiger partial charge in [0.05, 0.1) is 10.2 Å². The van der Waals surface area contributed by atoms with Crippen LogP contribution in [-0.4, -0.2) is 10.5 Å². The molecule has 1 heterocycles. The lowest BCUT2D eigenvalue weighted by molar-refractivity contribution is -0.117. The van der Waals surface area contributed by atoms with Crippen molar-refractivity contribution in [3.8, 4) is 0 Å². The van der Waals surface area contributed by atoms with Crippen LogP contribution >= 0.6 is 11.3 Å². The van der Waals surface area contributed by atoms with Gasteiger partial charge in [0.15, 0.2) is 4.80 Å². The zero-order valence-corrected chi connectivity index (χ0v) is 11.0. The van der Waals surface area contributed by atoms with Gasteiger partial charge in [-0.2, -0.15) is 4.99 Å². The van der Waals surface area contributed by atoms with Gasteiger partial charge in [-0.15, -0.1) is 0 Å². The number of amides is 1. The number of hydrogen-bond donors (Lipinski definition) is 0. The normalized spacial score (nSPS) is 12.2. The van der Waals surface area contributed by atoms with Crippen LogP contribution in [0.3, 0.4) is 0 Å². The SMILES string of the molecule is CCCn1c(=NC(=O)CC)sc2ccccc21. The van der Waals surface area contributed by atoms with Gasteiger partial charge in [0.2, 0.25) is 5.91 Å². The Morgan fingerprint density at radius 1 is 1.35 bits per heavy atom. The number of aryl methyl sites for hydroxylation is 1. The first-order chi connectivity index (χ1) is 8.26. The predicted molar refractivity (Wildman–Crippen MR) is 71.0 cm³/mol. The van der Waals surface area contributed by atoms with Crippen LogP contribution in [0.1, 0.15) is 26.7 Å². The standard InChI is InChI=1S/C13H16N2OS/c1-3-9-15-10-7-5-6-8-11(10)17-13(15)14-12(16)4-2/h5-8H,3-4,9H2,1-2H3. The summed E-state index contributed by atoms with van der Waals surface area (Å²) in [5.74, 6) is -0.0543. The largest absolute Gasteiger partial charge is 0.316 e. The molecule has 0 radical (unpaired) electrons. The Morgan fingerprint density at radius 3 is 2.82 bits per heavy atom. The first-order valence-electron chi connectivity index (χ1n) is 5.92. The molecule has 4 heteroatoms. The Labute approximate surface area is 104 Å². The number of fused-ring (bicyclic) bond motifs is 1. The van der Waals surface area contributed by atoms with E-state index >= 15 is 0 Å². The molecule has 0 unspecified atom stereocenters. The van der Waals surface area contributed by atoms with Crippen LogP contribution in [0.25, 0.3) is 10.2 Å². The fourth-order valence-electron chi connectivity index (χ4n) is 1.73. The molecule has 0 atom stereocenters. The summed E-state index contributed by atoms with van der Waals surface area (Å²) < 4.78 is 3.32. The second kappa shape index (κ2) is 5.27. The highest BCUT2D eigenvalue weighted by Crippen LogP contribution is 2.16. The fourth-order valence-corrected chi connectivity index (χ4v) is 2.80. The molecule has 0 aliphatic carbocycles. The number of para-hydroxylation sites is 1. The van der Waals surface area contributed by atoms with Gasteiger partial charge in [-0.1, -0.05) is 37.3 Å².